The van der Waals surface area contributed by atoms with E-state index in [0.29, 0.717) is 22.8 Å². The van der Waals surface area contributed by atoms with E-state index < -0.39 is 0 Å². The molecular formula is C16H12N4O. The van der Waals surface area contributed by atoms with Crippen LogP contribution in [-0.2, 0) is 0 Å². The van der Waals surface area contributed by atoms with E-state index in [1.54, 1.807) is 16.9 Å². The molecule has 0 aliphatic heterocycles. The predicted molar refractivity (Wildman–Crippen MR) is 81.0 cm³/mol. The highest BCUT2D eigenvalue weighted by molar-refractivity contribution is 5.85. The molecule has 2 N–H and O–H groups in total. The summed E-state index contributed by atoms with van der Waals surface area (Å²) in [6, 6.07) is 15.9. The summed E-state index contributed by atoms with van der Waals surface area (Å²) in [5, 5.41) is 4.31. The molecule has 0 saturated carbocycles. The van der Waals surface area contributed by atoms with Gasteiger partial charge in [0.1, 0.15) is 5.52 Å². The minimum Gasteiger partial charge on any atom is -0.422 e. The van der Waals surface area contributed by atoms with E-state index in [1.807, 2.05) is 48.7 Å². The molecule has 0 atom stereocenters. The van der Waals surface area contributed by atoms with Crippen molar-refractivity contribution >= 4 is 16.8 Å². The molecule has 2 aromatic carbocycles. The van der Waals surface area contributed by atoms with Gasteiger partial charge in [-0.15, -0.1) is 0 Å². The number of aromatic nitrogens is 3. The summed E-state index contributed by atoms with van der Waals surface area (Å²) in [4.78, 5) is 4.40. The molecule has 2 aromatic heterocycles. The zero-order chi connectivity index (χ0) is 14.2. The Bertz CT molecular complexity index is 908. The average Bonchev–Trinajstić information content (AvgIpc) is 3.15. The number of nitrogens with zero attached hydrogens (tertiary/aromatic N) is 3. The highest BCUT2D eigenvalue weighted by Gasteiger charge is 2.11. The first-order chi connectivity index (χ1) is 10.3. The van der Waals surface area contributed by atoms with Crippen LogP contribution in [0.1, 0.15) is 0 Å². The van der Waals surface area contributed by atoms with Crippen molar-refractivity contribution in [3.8, 4) is 17.1 Å². The largest absolute Gasteiger partial charge is 0.422 e. The molecule has 4 rings (SSSR count). The fourth-order valence-electron chi connectivity index (χ4n) is 2.26. The van der Waals surface area contributed by atoms with Gasteiger partial charge in [0, 0.05) is 11.8 Å². The number of oxazole rings is 1. The van der Waals surface area contributed by atoms with Gasteiger partial charge in [-0.25, -0.2) is 0 Å². The Morgan fingerprint density at radius 1 is 0.952 bits per heavy atom. The van der Waals surface area contributed by atoms with Crippen molar-refractivity contribution in [3.05, 3.63) is 60.9 Å². The quantitative estimate of drug-likeness (QED) is 0.570. The predicted octanol–water partition coefficient (Wildman–Crippen LogP) is 3.26. The lowest BCUT2D eigenvalue weighted by Crippen LogP contribution is -1.93. The van der Waals surface area contributed by atoms with Crippen LogP contribution in [0.4, 0.5) is 5.69 Å². The zero-order valence-corrected chi connectivity index (χ0v) is 11.1. The van der Waals surface area contributed by atoms with Crippen LogP contribution in [0, 0.1) is 0 Å². The fraction of sp³-hybridized carbons (Fsp3) is 0. The summed E-state index contributed by atoms with van der Waals surface area (Å²) in [6.45, 7) is 0. The van der Waals surface area contributed by atoms with E-state index >= 15 is 0 Å². The van der Waals surface area contributed by atoms with Crippen LogP contribution in [0.3, 0.4) is 0 Å². The van der Waals surface area contributed by atoms with E-state index in [9.17, 15) is 0 Å². The lowest BCUT2D eigenvalue weighted by molar-refractivity contribution is 0.543. The number of fused-ring (bicyclic) bond motifs is 1. The molecule has 0 aliphatic rings. The molecule has 0 radical (unpaired) electrons. The van der Waals surface area contributed by atoms with Crippen LogP contribution in [0.15, 0.2) is 65.3 Å². The highest BCUT2D eigenvalue weighted by Crippen LogP contribution is 2.24. The van der Waals surface area contributed by atoms with Gasteiger partial charge in [0.25, 0.3) is 0 Å². The molecule has 0 fully saturated rings. The normalized spacial score (nSPS) is 11.0. The molecule has 5 nitrogen and oxygen atoms in total. The molecule has 0 unspecified atom stereocenters. The molecule has 0 amide bonds. The van der Waals surface area contributed by atoms with Gasteiger partial charge >= 0.3 is 6.01 Å². The minimum absolute atomic E-state index is 0.407. The third-order valence-electron chi connectivity index (χ3n) is 3.32. The monoisotopic (exact) mass is 276 g/mol. The van der Waals surface area contributed by atoms with E-state index in [0.717, 1.165) is 11.1 Å². The molecule has 4 aromatic rings. The number of nitrogen functional groups attached to an aromatic ring is 1. The molecular weight excluding hydrogens is 264 g/mol. The number of rotatable bonds is 2. The van der Waals surface area contributed by atoms with E-state index in [2.05, 4.69) is 10.1 Å². The summed E-state index contributed by atoms with van der Waals surface area (Å²) in [5.74, 6) is 0. The van der Waals surface area contributed by atoms with Crippen molar-refractivity contribution in [2.75, 3.05) is 5.73 Å². The van der Waals surface area contributed by atoms with Gasteiger partial charge in [-0.2, -0.15) is 14.8 Å². The van der Waals surface area contributed by atoms with Crippen molar-refractivity contribution in [2.45, 2.75) is 0 Å². The van der Waals surface area contributed by atoms with Crippen LogP contribution in [0.2, 0.25) is 0 Å². The average molecular weight is 276 g/mol. The zero-order valence-electron chi connectivity index (χ0n) is 11.1. The Labute approximate surface area is 120 Å². The molecule has 0 saturated heterocycles. The van der Waals surface area contributed by atoms with E-state index in [-0.39, 0.29) is 0 Å². The molecule has 5 heteroatoms. The van der Waals surface area contributed by atoms with Crippen LogP contribution in [0.25, 0.3) is 28.2 Å². The summed E-state index contributed by atoms with van der Waals surface area (Å²) in [5.41, 5.74) is 9.90. The van der Waals surface area contributed by atoms with Crippen molar-refractivity contribution in [1.82, 2.24) is 14.8 Å². The summed E-state index contributed by atoms with van der Waals surface area (Å²) >= 11 is 0. The second-order valence-electron chi connectivity index (χ2n) is 4.73. The Morgan fingerprint density at radius 3 is 2.62 bits per heavy atom. The maximum atomic E-state index is 5.89. The van der Waals surface area contributed by atoms with Gasteiger partial charge in [-0.1, -0.05) is 36.4 Å². The minimum atomic E-state index is 0.407. The van der Waals surface area contributed by atoms with Crippen LogP contribution >= 0.6 is 0 Å². The maximum Gasteiger partial charge on any atom is 0.323 e. The number of hydrogen-bond acceptors (Lipinski definition) is 4. The third kappa shape index (κ3) is 1.95. The number of para-hydroxylation sites is 1. The first-order valence-corrected chi connectivity index (χ1v) is 6.57. The summed E-state index contributed by atoms with van der Waals surface area (Å²) in [7, 11) is 0. The Hall–Kier alpha value is -3.08. The smallest absolute Gasteiger partial charge is 0.323 e. The number of nitrogens with two attached hydrogens (primary N) is 1. The van der Waals surface area contributed by atoms with Crippen molar-refractivity contribution in [3.63, 3.8) is 0 Å². The Morgan fingerprint density at radius 2 is 1.81 bits per heavy atom. The van der Waals surface area contributed by atoms with Gasteiger partial charge in [0.2, 0.25) is 0 Å². The second kappa shape index (κ2) is 4.49. The van der Waals surface area contributed by atoms with Gasteiger partial charge in [0.05, 0.1) is 11.9 Å². The van der Waals surface area contributed by atoms with Crippen molar-refractivity contribution < 1.29 is 4.42 Å². The molecule has 0 spiro atoms. The van der Waals surface area contributed by atoms with Gasteiger partial charge in [-0.05, 0) is 17.7 Å². The molecule has 0 bridgehead atoms. The lowest BCUT2D eigenvalue weighted by atomic mass is 10.1. The number of benzene rings is 2. The van der Waals surface area contributed by atoms with Crippen molar-refractivity contribution in [1.29, 1.82) is 0 Å². The van der Waals surface area contributed by atoms with Gasteiger partial charge in [0.15, 0.2) is 5.58 Å². The molecule has 0 aliphatic carbocycles. The maximum absolute atomic E-state index is 5.89. The summed E-state index contributed by atoms with van der Waals surface area (Å²) in [6.07, 6.45) is 3.67. The highest BCUT2D eigenvalue weighted by atomic mass is 16.4. The molecule has 21 heavy (non-hydrogen) atoms. The SMILES string of the molecule is Nc1cccc2oc(-n3cc(-c4ccccc4)cn3)nc12. The fourth-order valence-corrected chi connectivity index (χ4v) is 2.26. The Balaban J connectivity index is 1.79. The molecule has 2 heterocycles. The number of hydrogen-bond donors (Lipinski definition) is 1. The van der Waals surface area contributed by atoms with Crippen LogP contribution in [0.5, 0.6) is 0 Å². The van der Waals surface area contributed by atoms with Crippen LogP contribution in [-0.4, -0.2) is 14.8 Å². The standard InChI is InChI=1S/C16H12N4O/c17-13-7-4-8-14-15(13)19-16(21-14)20-10-12(9-18-20)11-5-2-1-3-6-11/h1-10H,17H2. The first kappa shape index (κ1) is 11.7. The summed E-state index contributed by atoms with van der Waals surface area (Å²) < 4.78 is 7.31. The van der Waals surface area contributed by atoms with Gasteiger partial charge < -0.3 is 10.2 Å². The first-order valence-electron chi connectivity index (χ1n) is 6.57. The van der Waals surface area contributed by atoms with E-state index in [4.69, 9.17) is 10.2 Å². The number of anilines is 1. The van der Waals surface area contributed by atoms with Gasteiger partial charge in [-0.3, -0.25) is 0 Å². The second-order valence-corrected chi connectivity index (χ2v) is 4.73. The van der Waals surface area contributed by atoms with Crippen molar-refractivity contribution in [2.24, 2.45) is 0 Å². The van der Waals surface area contributed by atoms with E-state index in [1.165, 1.54) is 0 Å². The Kier molecular flexibility index (Phi) is 2.50. The topological polar surface area (TPSA) is 69.9 Å². The third-order valence-corrected chi connectivity index (χ3v) is 3.32. The molecule has 102 valence electrons. The van der Waals surface area contributed by atoms with Crippen LogP contribution < -0.4 is 5.73 Å². The lowest BCUT2D eigenvalue weighted by Gasteiger charge is -1.94.